The first kappa shape index (κ1) is 25.1. The van der Waals surface area contributed by atoms with Gasteiger partial charge in [0.25, 0.3) is 0 Å². The summed E-state index contributed by atoms with van der Waals surface area (Å²) in [5.41, 5.74) is 0.506. The molecule has 6 rings (SSSR count). The molecule has 1 unspecified atom stereocenters. The molecule has 0 amide bonds. The second kappa shape index (κ2) is 7.45. The highest BCUT2D eigenvalue weighted by Crippen LogP contribution is 2.73. The van der Waals surface area contributed by atoms with Gasteiger partial charge in [0.15, 0.2) is 11.5 Å². The molecule has 6 nitrogen and oxygen atoms in total. The predicted molar refractivity (Wildman–Crippen MR) is 138 cm³/mol. The average Bonchev–Trinajstić information content (AvgIpc) is 3.28. The van der Waals surface area contributed by atoms with E-state index >= 15 is 0 Å². The Morgan fingerprint density at radius 2 is 1.81 bits per heavy atom. The van der Waals surface area contributed by atoms with Gasteiger partial charge in [-0.25, -0.2) is 0 Å². The molecule has 200 valence electrons. The maximum Gasteiger partial charge on any atom is 0.306 e. The van der Waals surface area contributed by atoms with Crippen molar-refractivity contribution in [2.75, 3.05) is 0 Å². The van der Waals surface area contributed by atoms with E-state index in [4.69, 9.17) is 4.52 Å². The summed E-state index contributed by atoms with van der Waals surface area (Å²) in [5, 5.41) is 14.2. The van der Waals surface area contributed by atoms with Crippen LogP contribution in [0.4, 0.5) is 0 Å². The molecule has 3 saturated carbocycles. The normalized spacial score (nSPS) is 47.9. The van der Waals surface area contributed by atoms with Crippen LogP contribution in [0.2, 0.25) is 0 Å². The molecule has 1 aromatic heterocycles. The quantitative estimate of drug-likeness (QED) is 0.509. The van der Waals surface area contributed by atoms with Gasteiger partial charge in [0.05, 0.1) is 17.5 Å². The van der Waals surface area contributed by atoms with E-state index in [2.05, 4.69) is 39.8 Å². The van der Waals surface area contributed by atoms with Crippen LogP contribution in [0, 0.1) is 51.2 Å². The van der Waals surface area contributed by atoms with E-state index in [1.165, 1.54) is 5.57 Å². The van der Waals surface area contributed by atoms with Crippen molar-refractivity contribution in [3.8, 4) is 0 Å². The number of carboxylic acid groups (broad SMARTS) is 1. The van der Waals surface area contributed by atoms with Crippen molar-refractivity contribution in [2.24, 2.45) is 51.2 Å². The van der Waals surface area contributed by atoms with Crippen molar-refractivity contribution >= 4 is 18.0 Å². The number of aromatic nitrogens is 1. The highest BCUT2D eigenvalue weighted by molar-refractivity contribution is 5.95. The maximum absolute atomic E-state index is 14.3. The van der Waals surface area contributed by atoms with Gasteiger partial charge in [-0.3, -0.25) is 9.59 Å². The van der Waals surface area contributed by atoms with E-state index in [0.29, 0.717) is 12.2 Å². The van der Waals surface area contributed by atoms with Gasteiger partial charge < -0.3 is 14.4 Å². The number of hydrogen-bond acceptors (Lipinski definition) is 5. The standard InChI is InChI=1S/C31H41NO5/c1-27(2)13-19-18(20(14-27)26(35)36)7-9-31(6)24(19)21(34)11-23-28(3)12-17-15-32-37-25(17)29(4,16-33)22(28)8-10-30(23,31)5/h11,15-16,18-20,22,24H,7-10,12-14H2,1-6H3,(H,35,36)/t18?,19-,20-,22-,24+,28+,29+,30-,31-/m1/s1. The topological polar surface area (TPSA) is 97.5 Å². The first-order chi connectivity index (χ1) is 17.2. The van der Waals surface area contributed by atoms with E-state index in [0.717, 1.165) is 50.4 Å². The zero-order valence-electron chi connectivity index (χ0n) is 23.1. The summed E-state index contributed by atoms with van der Waals surface area (Å²) >= 11 is 0. The molecule has 6 heteroatoms. The van der Waals surface area contributed by atoms with Gasteiger partial charge in [-0.15, -0.1) is 0 Å². The first-order valence-electron chi connectivity index (χ1n) is 14.1. The molecule has 0 radical (unpaired) electrons. The summed E-state index contributed by atoms with van der Waals surface area (Å²) in [6.45, 7) is 13.3. The second-order valence-electron chi connectivity index (χ2n) is 14.8. The van der Waals surface area contributed by atoms with Crippen LogP contribution in [-0.2, 0) is 26.2 Å². The lowest BCUT2D eigenvalue weighted by atomic mass is 9.35. The zero-order chi connectivity index (χ0) is 26.8. The van der Waals surface area contributed by atoms with Crippen LogP contribution in [0.3, 0.4) is 0 Å². The molecule has 37 heavy (non-hydrogen) atoms. The summed E-state index contributed by atoms with van der Waals surface area (Å²) in [5.74, 6) is -0.193. The lowest BCUT2D eigenvalue weighted by Gasteiger charge is -2.68. The second-order valence-corrected chi connectivity index (χ2v) is 14.8. The number of carboxylic acids is 1. The van der Waals surface area contributed by atoms with E-state index in [1.54, 1.807) is 6.20 Å². The van der Waals surface area contributed by atoms with Crippen molar-refractivity contribution in [1.29, 1.82) is 0 Å². The maximum atomic E-state index is 14.3. The van der Waals surface area contributed by atoms with E-state index in [1.807, 2.05) is 13.0 Å². The number of rotatable bonds is 2. The van der Waals surface area contributed by atoms with Crippen molar-refractivity contribution in [3.63, 3.8) is 0 Å². The summed E-state index contributed by atoms with van der Waals surface area (Å²) in [4.78, 5) is 39.2. The highest BCUT2D eigenvalue weighted by atomic mass is 16.5. The Morgan fingerprint density at radius 1 is 1.08 bits per heavy atom. The van der Waals surface area contributed by atoms with Gasteiger partial charge in [-0.05, 0) is 97.4 Å². The van der Waals surface area contributed by atoms with Crippen molar-refractivity contribution < 1.29 is 24.0 Å². The number of hydrogen-bond donors (Lipinski definition) is 1. The third kappa shape index (κ3) is 2.99. The molecular weight excluding hydrogens is 466 g/mol. The molecular formula is C31H41NO5. The molecule has 1 N–H and O–H groups in total. The first-order valence-corrected chi connectivity index (χ1v) is 14.1. The minimum absolute atomic E-state index is 0.0339. The molecule has 5 aliphatic carbocycles. The molecule has 0 aromatic carbocycles. The summed E-state index contributed by atoms with van der Waals surface area (Å²) in [7, 11) is 0. The van der Waals surface area contributed by atoms with Gasteiger partial charge in [0.2, 0.25) is 0 Å². The fraction of sp³-hybridized carbons (Fsp3) is 0.742. The number of allylic oxidation sites excluding steroid dienone is 2. The van der Waals surface area contributed by atoms with Crippen molar-refractivity contribution in [3.05, 3.63) is 29.2 Å². The zero-order valence-corrected chi connectivity index (χ0v) is 23.1. The number of ketones is 1. The Bertz CT molecular complexity index is 1230. The molecule has 1 heterocycles. The third-order valence-corrected chi connectivity index (χ3v) is 12.5. The van der Waals surface area contributed by atoms with Crippen LogP contribution in [0.5, 0.6) is 0 Å². The Kier molecular flexibility index (Phi) is 5.04. The van der Waals surface area contributed by atoms with E-state index < -0.39 is 11.4 Å². The largest absolute Gasteiger partial charge is 0.481 e. The fourth-order valence-corrected chi connectivity index (χ4v) is 10.8. The van der Waals surface area contributed by atoms with Gasteiger partial charge in [0.1, 0.15) is 6.29 Å². The van der Waals surface area contributed by atoms with Crippen molar-refractivity contribution in [2.45, 2.75) is 91.9 Å². The van der Waals surface area contributed by atoms with Crippen LogP contribution in [0.15, 0.2) is 22.4 Å². The molecule has 0 aliphatic heterocycles. The Balaban J connectivity index is 1.49. The number of aldehydes is 1. The number of nitrogens with zero attached hydrogens (tertiary/aromatic N) is 1. The minimum atomic E-state index is -0.776. The lowest BCUT2D eigenvalue weighted by Crippen LogP contribution is -2.64. The van der Waals surface area contributed by atoms with E-state index in [9.17, 15) is 19.5 Å². The summed E-state index contributed by atoms with van der Waals surface area (Å²) in [6, 6.07) is 0. The van der Waals surface area contributed by atoms with Crippen molar-refractivity contribution in [1.82, 2.24) is 5.16 Å². The minimum Gasteiger partial charge on any atom is -0.481 e. The fourth-order valence-electron chi connectivity index (χ4n) is 10.8. The van der Waals surface area contributed by atoms with Crippen LogP contribution < -0.4 is 0 Å². The molecule has 0 bridgehead atoms. The molecule has 1 aromatic rings. The smallest absolute Gasteiger partial charge is 0.306 e. The number of carbonyl (C=O) groups is 3. The van der Waals surface area contributed by atoms with Gasteiger partial charge in [-0.1, -0.05) is 45.3 Å². The highest BCUT2D eigenvalue weighted by Gasteiger charge is 2.69. The lowest BCUT2D eigenvalue weighted by molar-refractivity contribution is -0.171. The Morgan fingerprint density at radius 3 is 2.49 bits per heavy atom. The number of fused-ring (bicyclic) bond motifs is 8. The van der Waals surface area contributed by atoms with Crippen LogP contribution >= 0.6 is 0 Å². The van der Waals surface area contributed by atoms with Gasteiger partial charge >= 0.3 is 5.97 Å². The SMILES string of the molecule is CC1(C)C[C@@H]2C(CC[C@]3(C)[C@@H]2C(=O)C=C2[C@@]4(C)Cc5cnoc5[C@@](C)(C=O)[C@@H]4CC[C@]23C)[C@H](C(=O)O)C1. The van der Waals surface area contributed by atoms with Crippen LogP contribution in [-0.4, -0.2) is 28.3 Å². The average molecular weight is 508 g/mol. The predicted octanol–water partition coefficient (Wildman–Crippen LogP) is 5.79. The number of carbonyl (C=O) groups excluding carboxylic acids is 2. The number of aliphatic carboxylic acids is 1. The Labute approximate surface area is 219 Å². The molecule has 0 spiro atoms. The molecule has 9 atom stereocenters. The third-order valence-electron chi connectivity index (χ3n) is 12.5. The monoisotopic (exact) mass is 507 g/mol. The van der Waals surface area contributed by atoms with Gasteiger partial charge in [0, 0.05) is 11.5 Å². The summed E-state index contributed by atoms with van der Waals surface area (Å²) in [6.07, 6.45) is 10.6. The van der Waals surface area contributed by atoms with E-state index in [-0.39, 0.29) is 57.0 Å². The Hall–Kier alpha value is -2.24. The molecule has 5 aliphatic rings. The van der Waals surface area contributed by atoms with Gasteiger partial charge in [-0.2, -0.15) is 0 Å². The molecule has 0 saturated heterocycles. The van der Waals surface area contributed by atoms with Crippen LogP contribution in [0.25, 0.3) is 0 Å². The molecule has 3 fully saturated rings. The summed E-state index contributed by atoms with van der Waals surface area (Å²) < 4.78 is 5.64. The van der Waals surface area contributed by atoms with Crippen LogP contribution in [0.1, 0.15) is 91.4 Å².